The minimum atomic E-state index is -0.431. The van der Waals surface area contributed by atoms with Crippen LogP contribution in [0, 0.1) is 11.9 Å². The molecule has 1 rings (SSSR count). The molecule has 0 atom stereocenters. The zero-order valence-electron chi connectivity index (χ0n) is 9.00. The van der Waals surface area contributed by atoms with E-state index in [9.17, 15) is 4.39 Å². The van der Waals surface area contributed by atoms with Gasteiger partial charge in [0.2, 0.25) is 0 Å². The second-order valence-electron chi connectivity index (χ2n) is 3.27. The van der Waals surface area contributed by atoms with Gasteiger partial charge in [-0.2, -0.15) is 0 Å². The van der Waals surface area contributed by atoms with Crippen LogP contribution in [0.3, 0.4) is 0 Å². The molecule has 0 fully saturated rings. The number of ether oxygens (including phenoxy) is 1. The molecule has 0 aromatic heterocycles. The molecule has 1 aromatic carbocycles. The van der Waals surface area contributed by atoms with Crippen LogP contribution in [0.4, 0.5) is 4.39 Å². The standard InChI is InChI=1S/C13H16FO/c1-2-3-4-5-8-11-15-13-10-7-6-9-12(13)14/h5-8,10H,2-4,11H2,1H3/b8-5+. The zero-order chi connectivity index (χ0) is 10.9. The summed E-state index contributed by atoms with van der Waals surface area (Å²) in [5.41, 5.74) is 0. The summed E-state index contributed by atoms with van der Waals surface area (Å²) < 4.78 is 18.2. The van der Waals surface area contributed by atoms with Crippen LogP contribution in [0.25, 0.3) is 0 Å². The van der Waals surface area contributed by atoms with Crippen LogP contribution >= 0.6 is 0 Å². The van der Waals surface area contributed by atoms with E-state index >= 15 is 0 Å². The molecule has 1 nitrogen and oxygen atoms in total. The predicted molar refractivity (Wildman–Crippen MR) is 59.4 cm³/mol. The van der Waals surface area contributed by atoms with Crippen LogP contribution in [0.15, 0.2) is 30.4 Å². The number of unbranched alkanes of at least 4 members (excludes halogenated alkanes) is 2. The molecule has 0 aliphatic carbocycles. The Bertz CT molecular complexity index is 307. The van der Waals surface area contributed by atoms with E-state index in [1.165, 1.54) is 18.9 Å². The van der Waals surface area contributed by atoms with Crippen LogP contribution in [0.2, 0.25) is 0 Å². The molecule has 0 saturated carbocycles. The summed E-state index contributed by atoms with van der Waals surface area (Å²) in [6, 6.07) is 7.28. The topological polar surface area (TPSA) is 9.23 Å². The fourth-order valence-electron chi connectivity index (χ4n) is 1.16. The first-order valence-electron chi connectivity index (χ1n) is 5.28. The highest BCUT2D eigenvalue weighted by molar-refractivity contribution is 5.22. The second-order valence-corrected chi connectivity index (χ2v) is 3.27. The fourth-order valence-corrected chi connectivity index (χ4v) is 1.16. The van der Waals surface area contributed by atoms with Gasteiger partial charge in [-0.25, -0.2) is 4.39 Å². The minimum Gasteiger partial charge on any atom is -0.486 e. The van der Waals surface area contributed by atoms with Gasteiger partial charge in [0.25, 0.3) is 0 Å². The third-order valence-electron chi connectivity index (χ3n) is 2.00. The Morgan fingerprint density at radius 1 is 1.47 bits per heavy atom. The average Bonchev–Trinajstić information content (AvgIpc) is 2.25. The SMILES string of the molecule is CCCC/C=C/COc1ccc[c]c1F. The molecule has 0 unspecified atom stereocenters. The molecule has 1 radical (unpaired) electrons. The highest BCUT2D eigenvalue weighted by Crippen LogP contribution is 2.14. The first kappa shape index (κ1) is 11.8. The van der Waals surface area contributed by atoms with Gasteiger partial charge in [0.1, 0.15) is 6.61 Å². The van der Waals surface area contributed by atoms with Crippen molar-refractivity contribution in [2.24, 2.45) is 0 Å². The largest absolute Gasteiger partial charge is 0.486 e. The number of rotatable bonds is 6. The molecule has 0 heterocycles. The van der Waals surface area contributed by atoms with Gasteiger partial charge in [0, 0.05) is 6.07 Å². The lowest BCUT2D eigenvalue weighted by atomic mass is 10.2. The van der Waals surface area contributed by atoms with Gasteiger partial charge < -0.3 is 4.74 Å². The van der Waals surface area contributed by atoms with Crippen molar-refractivity contribution in [3.8, 4) is 5.75 Å². The third-order valence-corrected chi connectivity index (χ3v) is 2.00. The van der Waals surface area contributed by atoms with Crippen molar-refractivity contribution >= 4 is 0 Å². The summed E-state index contributed by atoms with van der Waals surface area (Å²) >= 11 is 0. The summed E-state index contributed by atoms with van der Waals surface area (Å²) in [7, 11) is 0. The Hall–Kier alpha value is -1.31. The van der Waals surface area contributed by atoms with E-state index < -0.39 is 5.82 Å². The average molecular weight is 207 g/mol. The first-order valence-corrected chi connectivity index (χ1v) is 5.28. The second kappa shape index (κ2) is 7.04. The van der Waals surface area contributed by atoms with Crippen molar-refractivity contribution < 1.29 is 9.13 Å². The Kier molecular flexibility index (Phi) is 5.52. The molecule has 0 saturated heterocycles. The number of hydrogen-bond donors (Lipinski definition) is 0. The lowest BCUT2D eigenvalue weighted by Crippen LogP contribution is -1.95. The molecule has 0 bridgehead atoms. The Labute approximate surface area is 90.6 Å². The Balaban J connectivity index is 2.26. The quantitative estimate of drug-likeness (QED) is 0.510. The van der Waals surface area contributed by atoms with Gasteiger partial charge in [0.05, 0.1) is 0 Å². The third kappa shape index (κ3) is 4.63. The van der Waals surface area contributed by atoms with Crippen molar-refractivity contribution in [1.29, 1.82) is 0 Å². The monoisotopic (exact) mass is 207 g/mol. The fraction of sp³-hybridized carbons (Fsp3) is 0.385. The van der Waals surface area contributed by atoms with E-state index in [1.54, 1.807) is 12.1 Å². The van der Waals surface area contributed by atoms with E-state index in [0.29, 0.717) is 6.61 Å². The van der Waals surface area contributed by atoms with E-state index in [1.807, 2.05) is 6.08 Å². The van der Waals surface area contributed by atoms with Gasteiger partial charge in [-0.15, -0.1) is 0 Å². The van der Waals surface area contributed by atoms with Crippen molar-refractivity contribution in [3.05, 3.63) is 42.2 Å². The van der Waals surface area contributed by atoms with Gasteiger partial charge in [0.15, 0.2) is 11.6 Å². The summed E-state index contributed by atoms with van der Waals surface area (Å²) in [4.78, 5) is 0. The van der Waals surface area contributed by atoms with Crippen LogP contribution in [-0.4, -0.2) is 6.61 Å². The molecule has 0 aliphatic heterocycles. The van der Waals surface area contributed by atoms with Gasteiger partial charge in [-0.05, 0) is 12.5 Å². The number of halogens is 1. The van der Waals surface area contributed by atoms with Crippen molar-refractivity contribution in [3.63, 3.8) is 0 Å². The zero-order valence-corrected chi connectivity index (χ0v) is 9.00. The summed E-state index contributed by atoms with van der Waals surface area (Å²) in [5.74, 6) is -0.169. The van der Waals surface area contributed by atoms with E-state index in [4.69, 9.17) is 4.74 Å². The number of allylic oxidation sites excluding steroid dienone is 1. The molecule has 15 heavy (non-hydrogen) atoms. The highest BCUT2D eigenvalue weighted by Gasteiger charge is 1.99. The molecular weight excluding hydrogens is 191 g/mol. The first-order chi connectivity index (χ1) is 7.34. The maximum atomic E-state index is 13.0. The summed E-state index contributed by atoms with van der Waals surface area (Å²) in [6.45, 7) is 2.57. The maximum Gasteiger partial charge on any atom is 0.172 e. The number of hydrogen-bond acceptors (Lipinski definition) is 1. The predicted octanol–water partition coefficient (Wildman–Crippen LogP) is 3.75. The lowest BCUT2D eigenvalue weighted by Gasteiger charge is -2.02. The minimum absolute atomic E-state index is 0.262. The number of benzene rings is 1. The van der Waals surface area contributed by atoms with Crippen LogP contribution in [-0.2, 0) is 0 Å². The van der Waals surface area contributed by atoms with Crippen molar-refractivity contribution in [2.45, 2.75) is 26.2 Å². The van der Waals surface area contributed by atoms with Crippen LogP contribution < -0.4 is 4.74 Å². The molecule has 81 valence electrons. The van der Waals surface area contributed by atoms with Gasteiger partial charge in [-0.1, -0.05) is 44.1 Å². The van der Waals surface area contributed by atoms with Crippen molar-refractivity contribution in [1.82, 2.24) is 0 Å². The van der Waals surface area contributed by atoms with Crippen LogP contribution in [0.5, 0.6) is 5.75 Å². The van der Waals surface area contributed by atoms with Crippen molar-refractivity contribution in [2.75, 3.05) is 6.61 Å². The molecule has 0 amide bonds. The molecule has 1 aromatic rings. The summed E-state index contributed by atoms with van der Waals surface area (Å²) in [5, 5.41) is 0. The van der Waals surface area contributed by atoms with Gasteiger partial charge >= 0.3 is 0 Å². The van der Waals surface area contributed by atoms with Gasteiger partial charge in [-0.3, -0.25) is 0 Å². The van der Waals surface area contributed by atoms with E-state index in [-0.39, 0.29) is 5.75 Å². The summed E-state index contributed by atoms with van der Waals surface area (Å²) in [6.07, 6.45) is 7.41. The molecule has 0 spiro atoms. The molecule has 0 N–H and O–H groups in total. The van der Waals surface area contributed by atoms with E-state index in [2.05, 4.69) is 19.1 Å². The lowest BCUT2D eigenvalue weighted by molar-refractivity contribution is 0.341. The molecular formula is C13H16FO. The molecule has 2 heteroatoms. The Morgan fingerprint density at radius 2 is 2.33 bits per heavy atom. The van der Waals surface area contributed by atoms with Crippen LogP contribution in [0.1, 0.15) is 26.2 Å². The molecule has 0 aliphatic rings. The Morgan fingerprint density at radius 3 is 3.07 bits per heavy atom. The smallest absolute Gasteiger partial charge is 0.172 e. The maximum absolute atomic E-state index is 13.0. The highest BCUT2D eigenvalue weighted by atomic mass is 19.1. The normalized spacial score (nSPS) is 10.8. The van der Waals surface area contributed by atoms with E-state index in [0.717, 1.165) is 6.42 Å².